The molecule has 0 N–H and O–H groups in total. The maximum absolute atomic E-state index is 11.2. The molecule has 0 spiro atoms. The fraction of sp³-hybridized carbons (Fsp3) is 0.875. The molecule has 1 rings (SSSR count). The average Bonchev–Trinajstić information content (AvgIpc) is 2.02. The third kappa shape index (κ3) is 1.76. The maximum Gasteiger partial charge on any atom is 0.366 e. The standard InChI is InChI=1S/C8H14O4/c1-6-4-5-11-8(2,12-6)7(9)10-3/h6H,4-5H2,1-3H3. The van der Waals surface area contributed by atoms with Crippen LogP contribution in [-0.2, 0) is 19.0 Å². The number of esters is 1. The van der Waals surface area contributed by atoms with Crippen LogP contribution in [0.1, 0.15) is 20.3 Å². The Morgan fingerprint density at radius 2 is 2.33 bits per heavy atom. The Labute approximate surface area is 71.8 Å². The van der Waals surface area contributed by atoms with Gasteiger partial charge in [0, 0.05) is 6.92 Å². The lowest BCUT2D eigenvalue weighted by molar-refractivity contribution is -0.277. The summed E-state index contributed by atoms with van der Waals surface area (Å²) in [5.41, 5.74) is 0. The Kier molecular flexibility index (Phi) is 2.69. The lowest BCUT2D eigenvalue weighted by atomic mass is 10.2. The first kappa shape index (κ1) is 9.48. The molecule has 0 bridgehead atoms. The van der Waals surface area contributed by atoms with E-state index in [0.717, 1.165) is 6.42 Å². The van der Waals surface area contributed by atoms with E-state index in [1.807, 2.05) is 6.92 Å². The Hall–Kier alpha value is -0.610. The summed E-state index contributed by atoms with van der Waals surface area (Å²) in [6.07, 6.45) is 0.856. The number of hydrogen-bond donors (Lipinski definition) is 0. The van der Waals surface area contributed by atoms with E-state index in [1.165, 1.54) is 7.11 Å². The highest BCUT2D eigenvalue weighted by Gasteiger charge is 2.41. The van der Waals surface area contributed by atoms with Crippen molar-refractivity contribution in [2.24, 2.45) is 0 Å². The third-order valence-electron chi connectivity index (χ3n) is 1.88. The molecule has 1 heterocycles. The highest BCUT2D eigenvalue weighted by Crippen LogP contribution is 2.23. The van der Waals surface area contributed by atoms with Crippen molar-refractivity contribution in [1.29, 1.82) is 0 Å². The summed E-state index contributed by atoms with van der Waals surface area (Å²) in [6, 6.07) is 0. The molecule has 2 unspecified atom stereocenters. The van der Waals surface area contributed by atoms with Gasteiger partial charge in [0.15, 0.2) is 0 Å². The largest absolute Gasteiger partial charge is 0.465 e. The molecule has 1 aliphatic rings. The van der Waals surface area contributed by atoms with Gasteiger partial charge in [0.05, 0.1) is 19.8 Å². The minimum Gasteiger partial charge on any atom is -0.465 e. The van der Waals surface area contributed by atoms with Gasteiger partial charge >= 0.3 is 5.97 Å². The first-order valence-electron chi connectivity index (χ1n) is 3.98. The summed E-state index contributed by atoms with van der Waals surface area (Å²) in [7, 11) is 1.32. The molecule has 2 atom stereocenters. The minimum absolute atomic E-state index is 0.0443. The Bertz CT molecular complexity index is 180. The number of methoxy groups -OCH3 is 1. The van der Waals surface area contributed by atoms with Crippen LogP contribution in [0.5, 0.6) is 0 Å². The van der Waals surface area contributed by atoms with Crippen molar-refractivity contribution < 1.29 is 19.0 Å². The average molecular weight is 174 g/mol. The van der Waals surface area contributed by atoms with Crippen LogP contribution in [0, 0.1) is 0 Å². The number of hydrogen-bond acceptors (Lipinski definition) is 4. The monoisotopic (exact) mass is 174 g/mol. The van der Waals surface area contributed by atoms with Gasteiger partial charge in [0.1, 0.15) is 0 Å². The normalized spacial score (nSPS) is 36.1. The molecule has 0 radical (unpaired) electrons. The van der Waals surface area contributed by atoms with Gasteiger partial charge in [0.2, 0.25) is 0 Å². The van der Waals surface area contributed by atoms with E-state index < -0.39 is 11.8 Å². The second-order valence-corrected chi connectivity index (χ2v) is 3.00. The molecule has 0 aromatic rings. The molecule has 0 amide bonds. The van der Waals surface area contributed by atoms with Gasteiger partial charge in [0.25, 0.3) is 5.79 Å². The van der Waals surface area contributed by atoms with E-state index in [1.54, 1.807) is 6.92 Å². The van der Waals surface area contributed by atoms with Crippen molar-refractivity contribution in [3.8, 4) is 0 Å². The van der Waals surface area contributed by atoms with Crippen LogP contribution in [0.15, 0.2) is 0 Å². The topological polar surface area (TPSA) is 44.8 Å². The molecular formula is C8H14O4. The molecule has 4 heteroatoms. The van der Waals surface area contributed by atoms with Crippen LogP contribution in [0.4, 0.5) is 0 Å². The Morgan fingerprint density at radius 1 is 1.67 bits per heavy atom. The summed E-state index contributed by atoms with van der Waals surface area (Å²) < 4.78 is 15.1. The van der Waals surface area contributed by atoms with Crippen LogP contribution < -0.4 is 0 Å². The van der Waals surface area contributed by atoms with Crippen molar-refractivity contribution in [2.45, 2.75) is 32.2 Å². The molecule has 0 aromatic heterocycles. The summed E-state index contributed by atoms with van der Waals surface area (Å²) in [5, 5.41) is 0. The summed E-state index contributed by atoms with van der Waals surface area (Å²) in [5.74, 6) is -1.68. The van der Waals surface area contributed by atoms with E-state index in [-0.39, 0.29) is 6.10 Å². The molecule has 1 saturated heterocycles. The van der Waals surface area contributed by atoms with Crippen molar-refractivity contribution in [3.63, 3.8) is 0 Å². The van der Waals surface area contributed by atoms with Crippen LogP contribution in [-0.4, -0.2) is 31.6 Å². The van der Waals surface area contributed by atoms with Gasteiger partial charge in [-0.3, -0.25) is 0 Å². The highest BCUT2D eigenvalue weighted by atomic mass is 16.7. The molecule has 1 aliphatic heterocycles. The zero-order valence-corrected chi connectivity index (χ0v) is 7.62. The maximum atomic E-state index is 11.2. The number of rotatable bonds is 1. The minimum atomic E-state index is -1.20. The quantitative estimate of drug-likeness (QED) is 0.549. The first-order valence-corrected chi connectivity index (χ1v) is 3.98. The fourth-order valence-electron chi connectivity index (χ4n) is 1.19. The highest BCUT2D eigenvalue weighted by molar-refractivity contribution is 5.77. The molecule has 0 aromatic carbocycles. The number of ether oxygens (including phenoxy) is 3. The number of carbonyl (C=O) groups is 1. The Balaban J connectivity index is 2.63. The lowest BCUT2D eigenvalue weighted by Crippen LogP contribution is -2.48. The SMILES string of the molecule is COC(=O)C1(C)OCCC(C)O1. The molecular weight excluding hydrogens is 160 g/mol. The molecule has 0 saturated carbocycles. The van der Waals surface area contributed by atoms with E-state index in [9.17, 15) is 4.79 Å². The van der Waals surface area contributed by atoms with Crippen molar-refractivity contribution in [1.82, 2.24) is 0 Å². The van der Waals surface area contributed by atoms with E-state index in [0.29, 0.717) is 6.61 Å². The van der Waals surface area contributed by atoms with E-state index >= 15 is 0 Å². The van der Waals surface area contributed by atoms with Crippen LogP contribution >= 0.6 is 0 Å². The van der Waals surface area contributed by atoms with Crippen LogP contribution in [0.2, 0.25) is 0 Å². The fourth-order valence-corrected chi connectivity index (χ4v) is 1.19. The third-order valence-corrected chi connectivity index (χ3v) is 1.88. The van der Waals surface area contributed by atoms with Crippen molar-refractivity contribution in [2.75, 3.05) is 13.7 Å². The Morgan fingerprint density at radius 3 is 2.83 bits per heavy atom. The van der Waals surface area contributed by atoms with Gasteiger partial charge < -0.3 is 14.2 Å². The molecule has 1 fully saturated rings. The summed E-state index contributed by atoms with van der Waals surface area (Å²) >= 11 is 0. The van der Waals surface area contributed by atoms with Crippen LogP contribution in [0.25, 0.3) is 0 Å². The van der Waals surface area contributed by atoms with Crippen molar-refractivity contribution >= 4 is 5.97 Å². The summed E-state index contributed by atoms with van der Waals surface area (Å²) in [6.45, 7) is 4.02. The van der Waals surface area contributed by atoms with Gasteiger partial charge in [-0.05, 0) is 13.3 Å². The van der Waals surface area contributed by atoms with Crippen molar-refractivity contribution in [3.05, 3.63) is 0 Å². The van der Waals surface area contributed by atoms with Gasteiger partial charge in [-0.25, -0.2) is 4.79 Å². The van der Waals surface area contributed by atoms with Crippen LogP contribution in [0.3, 0.4) is 0 Å². The zero-order chi connectivity index (χ0) is 9.19. The van der Waals surface area contributed by atoms with Gasteiger partial charge in [-0.2, -0.15) is 0 Å². The smallest absolute Gasteiger partial charge is 0.366 e. The number of carbonyl (C=O) groups excluding carboxylic acids is 1. The van der Waals surface area contributed by atoms with E-state index in [4.69, 9.17) is 9.47 Å². The zero-order valence-electron chi connectivity index (χ0n) is 7.62. The lowest BCUT2D eigenvalue weighted by Gasteiger charge is -2.34. The molecule has 12 heavy (non-hydrogen) atoms. The molecule has 4 nitrogen and oxygen atoms in total. The second-order valence-electron chi connectivity index (χ2n) is 3.00. The molecule has 0 aliphatic carbocycles. The van der Waals surface area contributed by atoms with Gasteiger partial charge in [-0.15, -0.1) is 0 Å². The predicted molar refractivity (Wildman–Crippen MR) is 41.5 cm³/mol. The second kappa shape index (κ2) is 3.41. The van der Waals surface area contributed by atoms with E-state index in [2.05, 4.69) is 4.74 Å². The first-order chi connectivity index (χ1) is 5.58. The van der Waals surface area contributed by atoms with Gasteiger partial charge in [-0.1, -0.05) is 0 Å². The summed E-state index contributed by atoms with van der Waals surface area (Å²) in [4.78, 5) is 11.2. The predicted octanol–water partition coefficient (Wildman–Crippen LogP) is 0.701. The molecule has 70 valence electrons.